The number of rotatable bonds is 6. The first kappa shape index (κ1) is 37.9. The Morgan fingerprint density at radius 1 is 0.974 bits per heavy atom. The molecule has 2 rings (SSSR count). The molecule has 1 atom stereocenters. The van der Waals surface area contributed by atoms with Gasteiger partial charge in [0.05, 0.1) is 24.7 Å². The molecule has 1 unspecified atom stereocenters. The maximum absolute atomic E-state index is 11.0. The molecule has 0 radical (unpaired) electrons. The van der Waals surface area contributed by atoms with Gasteiger partial charge in [-0.25, -0.2) is 11.4 Å². The van der Waals surface area contributed by atoms with E-state index in [-0.39, 0.29) is 18.0 Å². The minimum Gasteiger partial charge on any atom is -0.465 e. The average molecular weight is 600 g/mol. The third-order valence-corrected chi connectivity index (χ3v) is 5.70. The molecule has 0 heterocycles. The average Bonchev–Trinajstić information content (AvgIpc) is 2.85. The van der Waals surface area contributed by atoms with Gasteiger partial charge in [0, 0.05) is 10.9 Å². The summed E-state index contributed by atoms with van der Waals surface area (Å²) in [4.78, 5) is 30.5. The Hall–Kier alpha value is -3.25. The summed E-state index contributed by atoms with van der Waals surface area (Å²) in [6, 6.07) is 17.5. The molecule has 0 spiro atoms. The van der Waals surface area contributed by atoms with Gasteiger partial charge in [0.2, 0.25) is 6.54 Å². The van der Waals surface area contributed by atoms with Crippen molar-refractivity contribution in [2.24, 2.45) is 10.8 Å². The number of halogens is 1. The van der Waals surface area contributed by atoms with Crippen molar-refractivity contribution in [2.75, 3.05) is 12.4 Å². The molecular weight excluding hydrogens is 556 g/mol. The molecule has 39 heavy (non-hydrogen) atoms. The van der Waals surface area contributed by atoms with Crippen LogP contribution in [-0.4, -0.2) is 24.6 Å². The van der Waals surface area contributed by atoms with Gasteiger partial charge < -0.3 is 9.58 Å². The van der Waals surface area contributed by atoms with Crippen LogP contribution in [0.1, 0.15) is 93.8 Å². The summed E-state index contributed by atoms with van der Waals surface area (Å²) >= 11 is 3.39. The van der Waals surface area contributed by atoms with E-state index < -0.39 is 0 Å². The lowest BCUT2D eigenvalue weighted by molar-refractivity contribution is -0.191. The van der Waals surface area contributed by atoms with Crippen molar-refractivity contribution < 1.29 is 19.1 Å². The van der Waals surface area contributed by atoms with E-state index in [0.717, 1.165) is 29.3 Å². The highest BCUT2D eigenvalue weighted by Gasteiger charge is 2.16. The van der Waals surface area contributed by atoms with E-state index in [4.69, 9.17) is 16.2 Å². The van der Waals surface area contributed by atoms with Gasteiger partial charge in [-0.2, -0.15) is 14.9 Å². The normalized spacial score (nSPS) is 10.7. The molecular formula is C32H43BrN2O4. The van der Waals surface area contributed by atoms with Crippen LogP contribution in [0.4, 0.5) is 0 Å². The molecule has 0 aromatic heterocycles. The minimum atomic E-state index is -0.352. The molecule has 0 bridgehead atoms. The molecule has 0 amide bonds. The third kappa shape index (κ3) is 21.4. The molecule has 7 heteroatoms. The number of esters is 1. The summed E-state index contributed by atoms with van der Waals surface area (Å²) in [5.74, 6) is -0.311. The smallest absolute Gasteiger partial charge is 0.373 e. The van der Waals surface area contributed by atoms with Crippen molar-refractivity contribution in [3.05, 3.63) is 82.2 Å². The van der Waals surface area contributed by atoms with Crippen LogP contribution in [-0.2, 0) is 20.9 Å². The van der Waals surface area contributed by atoms with Gasteiger partial charge in [-0.1, -0.05) is 99.4 Å². The number of nitrogens with zero attached hydrogens (tertiary/aromatic N) is 2. The Morgan fingerprint density at radius 3 is 1.79 bits per heavy atom. The maximum atomic E-state index is 11.0. The van der Waals surface area contributed by atoms with Gasteiger partial charge in [0.1, 0.15) is 0 Å². The third-order valence-electron chi connectivity index (χ3n) is 5.30. The Morgan fingerprint density at radius 2 is 1.46 bits per heavy atom. The largest absolute Gasteiger partial charge is 0.465 e. The zero-order valence-corrected chi connectivity index (χ0v) is 26.2. The number of hydrogen-bond donors (Lipinski definition) is 0. The van der Waals surface area contributed by atoms with Crippen LogP contribution in [0, 0.1) is 35.7 Å². The fraction of sp³-hybridized carbons (Fsp3) is 0.500. The number of hydrogen-bond acceptors (Lipinski definition) is 5. The van der Waals surface area contributed by atoms with E-state index in [0.29, 0.717) is 22.9 Å². The molecule has 6 nitrogen and oxygen atoms in total. The van der Waals surface area contributed by atoms with E-state index in [1.807, 2.05) is 0 Å². The first-order valence-electron chi connectivity index (χ1n) is 12.7. The van der Waals surface area contributed by atoms with Crippen LogP contribution in [0.3, 0.4) is 0 Å². The molecule has 2 aromatic carbocycles. The number of methoxy groups -OCH3 is 1. The number of aryl methyl sites for hydroxylation is 1. The number of alkyl halides is 1. The molecule has 0 saturated heterocycles. The summed E-state index contributed by atoms with van der Waals surface area (Å²) < 4.78 is 4.54. The summed E-state index contributed by atoms with van der Waals surface area (Å²) in [6.07, 6.45) is 3.54. The SMILES string of the molecule is CC(C)(C)CCBr.Cc1ccc(C(C#N)CCC(C)(C)C)cc1.O=C=O.[C-]#[N+]Cc1ccc(C(=O)OC)cc1. The predicted octanol–water partition coefficient (Wildman–Crippen LogP) is 8.55. The van der Waals surface area contributed by atoms with Gasteiger partial charge in [-0.3, -0.25) is 0 Å². The fourth-order valence-electron chi connectivity index (χ4n) is 2.92. The minimum absolute atomic E-state index is 0.0415. The number of benzene rings is 2. The highest BCUT2D eigenvalue weighted by Crippen LogP contribution is 2.28. The zero-order valence-electron chi connectivity index (χ0n) is 24.6. The second kappa shape index (κ2) is 20.7. The van der Waals surface area contributed by atoms with E-state index >= 15 is 0 Å². The lowest BCUT2D eigenvalue weighted by Gasteiger charge is -2.20. The van der Waals surface area contributed by atoms with Gasteiger partial charge in [-0.15, -0.1) is 0 Å². The van der Waals surface area contributed by atoms with Crippen molar-refractivity contribution in [1.82, 2.24) is 0 Å². The lowest BCUT2D eigenvalue weighted by atomic mass is 9.85. The molecule has 0 aliphatic carbocycles. The van der Waals surface area contributed by atoms with Crippen molar-refractivity contribution >= 4 is 28.1 Å². The van der Waals surface area contributed by atoms with Crippen LogP contribution < -0.4 is 0 Å². The Bertz CT molecular complexity index is 1060. The monoisotopic (exact) mass is 598 g/mol. The maximum Gasteiger partial charge on any atom is 0.373 e. The Labute approximate surface area is 243 Å². The number of nitriles is 1. The molecule has 0 aliphatic heterocycles. The Kier molecular flexibility index (Phi) is 20.1. The molecule has 2 aromatic rings. The topological polar surface area (TPSA) is 88.6 Å². The van der Waals surface area contributed by atoms with Gasteiger partial charge in [0.25, 0.3) is 0 Å². The van der Waals surface area contributed by atoms with Crippen molar-refractivity contribution in [3.63, 3.8) is 0 Å². The molecule has 212 valence electrons. The van der Waals surface area contributed by atoms with Crippen molar-refractivity contribution in [3.8, 4) is 6.07 Å². The summed E-state index contributed by atoms with van der Waals surface area (Å²) in [5.41, 5.74) is 4.62. The van der Waals surface area contributed by atoms with Crippen LogP contribution in [0.15, 0.2) is 48.5 Å². The zero-order chi connectivity index (χ0) is 30.5. The first-order chi connectivity index (χ1) is 18.2. The van der Waals surface area contributed by atoms with E-state index in [1.165, 1.54) is 19.1 Å². The molecule has 0 N–H and O–H groups in total. The highest BCUT2D eigenvalue weighted by molar-refractivity contribution is 9.09. The van der Waals surface area contributed by atoms with Gasteiger partial charge in [-0.05, 0) is 54.7 Å². The van der Waals surface area contributed by atoms with Crippen molar-refractivity contribution in [2.45, 2.75) is 80.2 Å². The van der Waals surface area contributed by atoms with Crippen LogP contribution in [0.2, 0.25) is 0 Å². The number of ether oxygens (including phenoxy) is 1. The first-order valence-corrected chi connectivity index (χ1v) is 13.8. The number of carbonyl (C=O) groups excluding carboxylic acids is 3. The van der Waals surface area contributed by atoms with E-state index in [2.05, 4.69) is 104 Å². The standard InChI is InChI=1S/C15H21N.C10H9NO2.C6H13Br.CO2/c1-12-5-7-13(8-6-12)14(11-16)9-10-15(2,3)4;1-11-7-8-3-5-9(6-4-8)10(12)13-2;1-6(2,3)4-5-7;2-1-3/h5-8,14H,9-10H2,1-4H3;3-6H,7H2,2H3;4-5H2,1-3H3;. The molecule has 0 aliphatic rings. The van der Waals surface area contributed by atoms with Crippen LogP contribution >= 0.6 is 15.9 Å². The summed E-state index contributed by atoms with van der Waals surface area (Å²) in [6.45, 7) is 22.5. The molecule has 0 saturated carbocycles. The second-order valence-corrected chi connectivity index (χ2v) is 12.1. The quantitative estimate of drug-likeness (QED) is 0.189. The number of carbonyl (C=O) groups is 1. The van der Waals surface area contributed by atoms with Gasteiger partial charge in [0.15, 0.2) is 0 Å². The van der Waals surface area contributed by atoms with Gasteiger partial charge >= 0.3 is 12.1 Å². The fourth-order valence-corrected chi connectivity index (χ4v) is 4.11. The van der Waals surface area contributed by atoms with Crippen LogP contribution in [0.5, 0.6) is 0 Å². The summed E-state index contributed by atoms with van der Waals surface area (Å²) in [5, 5.41) is 10.3. The van der Waals surface area contributed by atoms with Crippen LogP contribution in [0.25, 0.3) is 4.85 Å². The second-order valence-electron chi connectivity index (χ2n) is 11.3. The Balaban J connectivity index is 0. The van der Waals surface area contributed by atoms with E-state index in [9.17, 15) is 10.1 Å². The molecule has 0 fully saturated rings. The van der Waals surface area contributed by atoms with Crippen molar-refractivity contribution in [1.29, 1.82) is 5.26 Å². The highest BCUT2D eigenvalue weighted by atomic mass is 79.9. The summed E-state index contributed by atoms with van der Waals surface area (Å²) in [7, 11) is 1.34. The van der Waals surface area contributed by atoms with E-state index in [1.54, 1.807) is 24.3 Å². The predicted molar refractivity (Wildman–Crippen MR) is 159 cm³/mol. The lowest BCUT2D eigenvalue weighted by Crippen LogP contribution is -2.07.